The van der Waals surface area contributed by atoms with Gasteiger partial charge < -0.3 is 5.32 Å². The molecule has 0 saturated heterocycles. The summed E-state index contributed by atoms with van der Waals surface area (Å²) in [4.78, 5) is 0. The fourth-order valence-corrected chi connectivity index (χ4v) is 2.96. The molecule has 0 bridgehead atoms. The molecule has 1 aromatic rings. The van der Waals surface area contributed by atoms with E-state index in [9.17, 15) is 0 Å². The largest absolute Gasteiger partial charge is 0.382 e. The van der Waals surface area contributed by atoms with Gasteiger partial charge in [0.05, 0.1) is 0 Å². The van der Waals surface area contributed by atoms with Crippen LogP contribution in [0.1, 0.15) is 45.1 Å². The Morgan fingerprint density at radius 2 is 2.06 bits per heavy atom. The molecule has 0 radical (unpaired) electrons. The minimum absolute atomic E-state index is 0.393. The molecule has 1 fully saturated rings. The molecule has 1 aliphatic rings. The molecule has 0 aromatic heterocycles. The third kappa shape index (κ3) is 2.95. The number of hydrogen-bond donors (Lipinski definition) is 1. The highest BCUT2D eigenvalue weighted by Crippen LogP contribution is 2.37. The fraction of sp³-hybridized carbons (Fsp3) is 0.600. The Morgan fingerprint density at radius 3 is 2.71 bits per heavy atom. The van der Waals surface area contributed by atoms with Gasteiger partial charge in [-0.2, -0.15) is 0 Å². The molecular formula is C15H22ClN. The zero-order valence-electron chi connectivity index (χ0n) is 11.0. The number of rotatable bonds is 2. The first-order chi connectivity index (χ1) is 7.99. The maximum Gasteiger partial charge on any atom is 0.0410 e. The van der Waals surface area contributed by atoms with Gasteiger partial charge in [-0.3, -0.25) is 0 Å². The van der Waals surface area contributed by atoms with Gasteiger partial charge in [0.25, 0.3) is 0 Å². The maximum absolute atomic E-state index is 5.99. The van der Waals surface area contributed by atoms with Crippen molar-refractivity contribution < 1.29 is 0 Å². The van der Waals surface area contributed by atoms with E-state index < -0.39 is 0 Å². The average molecular weight is 252 g/mol. The number of aryl methyl sites for hydroxylation is 1. The molecule has 0 amide bonds. The summed E-state index contributed by atoms with van der Waals surface area (Å²) < 4.78 is 0. The normalized spacial score (nSPS) is 23.4. The van der Waals surface area contributed by atoms with Crippen LogP contribution in [0.2, 0.25) is 5.02 Å². The molecule has 2 rings (SSSR count). The second-order valence-corrected chi connectivity index (χ2v) is 6.33. The number of hydrogen-bond acceptors (Lipinski definition) is 1. The molecule has 1 nitrogen and oxygen atoms in total. The summed E-state index contributed by atoms with van der Waals surface area (Å²) in [7, 11) is 0. The summed E-state index contributed by atoms with van der Waals surface area (Å²) in [6, 6.07) is 6.67. The molecule has 17 heavy (non-hydrogen) atoms. The lowest BCUT2D eigenvalue weighted by Gasteiger charge is -2.40. The van der Waals surface area contributed by atoms with Crippen molar-refractivity contribution in [1.82, 2.24) is 0 Å². The molecule has 1 saturated carbocycles. The van der Waals surface area contributed by atoms with E-state index >= 15 is 0 Å². The highest BCUT2D eigenvalue weighted by molar-refractivity contribution is 6.30. The Bertz CT molecular complexity index is 398. The summed E-state index contributed by atoms with van der Waals surface area (Å²) in [6.45, 7) is 6.86. The van der Waals surface area contributed by atoms with Crippen LogP contribution in [0, 0.1) is 12.3 Å². The Labute approximate surface area is 110 Å². The van der Waals surface area contributed by atoms with Crippen LogP contribution in [-0.4, -0.2) is 6.04 Å². The topological polar surface area (TPSA) is 12.0 Å². The van der Waals surface area contributed by atoms with Gasteiger partial charge in [-0.1, -0.05) is 38.3 Å². The van der Waals surface area contributed by atoms with E-state index in [2.05, 4.69) is 32.2 Å². The number of nitrogens with one attached hydrogen (secondary N) is 1. The van der Waals surface area contributed by atoms with E-state index in [1.807, 2.05) is 12.1 Å². The third-order valence-electron chi connectivity index (χ3n) is 4.03. The van der Waals surface area contributed by atoms with Crippen molar-refractivity contribution >= 4 is 17.3 Å². The zero-order valence-corrected chi connectivity index (χ0v) is 11.8. The molecule has 0 spiro atoms. The Kier molecular flexibility index (Phi) is 3.67. The maximum atomic E-state index is 5.99. The molecule has 1 N–H and O–H groups in total. The van der Waals surface area contributed by atoms with Gasteiger partial charge >= 0.3 is 0 Å². The molecule has 1 aliphatic carbocycles. The predicted molar refractivity (Wildman–Crippen MR) is 75.8 cm³/mol. The van der Waals surface area contributed by atoms with Crippen molar-refractivity contribution in [2.45, 2.75) is 52.5 Å². The molecular weight excluding hydrogens is 230 g/mol. The lowest BCUT2D eigenvalue weighted by Crippen LogP contribution is -2.39. The van der Waals surface area contributed by atoms with E-state index in [0.717, 1.165) is 5.02 Å². The number of anilines is 1. The second-order valence-electron chi connectivity index (χ2n) is 5.89. The van der Waals surface area contributed by atoms with Gasteiger partial charge in [0.15, 0.2) is 0 Å². The van der Waals surface area contributed by atoms with E-state index in [-0.39, 0.29) is 0 Å². The van der Waals surface area contributed by atoms with Crippen molar-refractivity contribution in [2.75, 3.05) is 5.32 Å². The summed E-state index contributed by atoms with van der Waals surface area (Å²) in [5.41, 5.74) is 2.86. The molecule has 0 heterocycles. The van der Waals surface area contributed by atoms with Crippen LogP contribution in [0.5, 0.6) is 0 Å². The van der Waals surface area contributed by atoms with Crippen LogP contribution < -0.4 is 5.32 Å². The van der Waals surface area contributed by atoms with Crippen LogP contribution in [0.4, 0.5) is 5.69 Å². The SMILES string of the molecule is Cc1cc(Cl)ccc1NC1CCCCC1(C)C. The summed E-state index contributed by atoms with van der Waals surface area (Å²) in [5.74, 6) is 0. The van der Waals surface area contributed by atoms with Gasteiger partial charge in [0.2, 0.25) is 0 Å². The lowest BCUT2D eigenvalue weighted by molar-refractivity contribution is 0.217. The number of benzene rings is 1. The molecule has 1 unspecified atom stereocenters. The molecule has 2 heteroatoms. The highest BCUT2D eigenvalue weighted by atomic mass is 35.5. The first-order valence-electron chi connectivity index (χ1n) is 6.52. The van der Waals surface area contributed by atoms with Crippen LogP contribution >= 0.6 is 11.6 Å². The van der Waals surface area contributed by atoms with Gasteiger partial charge in [0, 0.05) is 16.8 Å². The van der Waals surface area contributed by atoms with Crippen molar-refractivity contribution in [3.8, 4) is 0 Å². The molecule has 94 valence electrons. The van der Waals surface area contributed by atoms with Gasteiger partial charge in [0.1, 0.15) is 0 Å². The number of halogens is 1. The van der Waals surface area contributed by atoms with E-state index in [4.69, 9.17) is 11.6 Å². The molecule has 0 aliphatic heterocycles. The molecule has 1 atom stereocenters. The van der Waals surface area contributed by atoms with Gasteiger partial charge in [-0.25, -0.2) is 0 Å². The van der Waals surface area contributed by atoms with Crippen LogP contribution in [0.3, 0.4) is 0 Å². The minimum atomic E-state index is 0.393. The van der Waals surface area contributed by atoms with Gasteiger partial charge in [-0.15, -0.1) is 0 Å². The van der Waals surface area contributed by atoms with Crippen molar-refractivity contribution in [2.24, 2.45) is 5.41 Å². The lowest BCUT2D eigenvalue weighted by atomic mass is 9.73. The van der Waals surface area contributed by atoms with Crippen LogP contribution in [0.15, 0.2) is 18.2 Å². The second kappa shape index (κ2) is 4.89. The fourth-order valence-electron chi connectivity index (χ4n) is 2.74. The van der Waals surface area contributed by atoms with Crippen molar-refractivity contribution in [3.63, 3.8) is 0 Å². The van der Waals surface area contributed by atoms with Crippen LogP contribution in [-0.2, 0) is 0 Å². The highest BCUT2D eigenvalue weighted by Gasteiger charge is 2.32. The Morgan fingerprint density at radius 1 is 1.29 bits per heavy atom. The van der Waals surface area contributed by atoms with Crippen molar-refractivity contribution in [1.29, 1.82) is 0 Å². The van der Waals surface area contributed by atoms with E-state index in [0.29, 0.717) is 11.5 Å². The summed E-state index contributed by atoms with van der Waals surface area (Å²) >= 11 is 5.99. The Balaban J connectivity index is 2.14. The predicted octanol–water partition coefficient (Wildman–Crippen LogP) is 5.03. The van der Waals surface area contributed by atoms with E-state index in [1.165, 1.54) is 36.9 Å². The molecule has 1 aromatic carbocycles. The summed E-state index contributed by atoms with van der Waals surface area (Å²) in [6.07, 6.45) is 5.30. The monoisotopic (exact) mass is 251 g/mol. The zero-order chi connectivity index (χ0) is 12.5. The van der Waals surface area contributed by atoms with Gasteiger partial charge in [-0.05, 0) is 48.9 Å². The minimum Gasteiger partial charge on any atom is -0.382 e. The van der Waals surface area contributed by atoms with E-state index in [1.54, 1.807) is 0 Å². The smallest absolute Gasteiger partial charge is 0.0410 e. The first-order valence-corrected chi connectivity index (χ1v) is 6.89. The standard InChI is InChI=1S/C15H22ClN/c1-11-10-12(16)7-8-13(11)17-14-6-4-5-9-15(14,2)3/h7-8,10,14,17H,4-6,9H2,1-3H3. The quantitative estimate of drug-likeness (QED) is 0.778. The summed E-state index contributed by atoms with van der Waals surface area (Å²) in [5, 5.41) is 4.52. The van der Waals surface area contributed by atoms with Crippen molar-refractivity contribution in [3.05, 3.63) is 28.8 Å². The Hall–Kier alpha value is -0.690. The van der Waals surface area contributed by atoms with Crippen LogP contribution in [0.25, 0.3) is 0 Å². The first kappa shape index (κ1) is 12.8. The average Bonchev–Trinajstić information content (AvgIpc) is 2.24. The third-order valence-corrected chi connectivity index (χ3v) is 4.26.